The van der Waals surface area contributed by atoms with Crippen molar-refractivity contribution in [1.82, 2.24) is 24.8 Å². The second-order valence-corrected chi connectivity index (χ2v) is 10.2. The molecule has 30 heavy (non-hydrogen) atoms. The van der Waals surface area contributed by atoms with Gasteiger partial charge in [-0.1, -0.05) is 11.8 Å². The lowest BCUT2D eigenvalue weighted by Gasteiger charge is -2.21. The molecule has 160 valence electrons. The first-order valence-electron chi connectivity index (χ1n) is 9.80. The minimum absolute atomic E-state index is 0.0858. The van der Waals surface area contributed by atoms with Gasteiger partial charge < -0.3 is 25.1 Å². The van der Waals surface area contributed by atoms with Crippen molar-refractivity contribution in [2.45, 2.75) is 49.3 Å². The summed E-state index contributed by atoms with van der Waals surface area (Å²) in [5, 5.41) is 4.36. The summed E-state index contributed by atoms with van der Waals surface area (Å²) in [5.41, 5.74) is 7.56. The van der Waals surface area contributed by atoms with Crippen LogP contribution in [0.2, 0.25) is 0 Å². The van der Waals surface area contributed by atoms with E-state index < -0.39 is 0 Å². The minimum Gasteiger partial charge on any atom is -0.486 e. The van der Waals surface area contributed by atoms with Crippen LogP contribution in [0.25, 0.3) is 11.2 Å². The molecule has 0 aliphatic carbocycles. The Bertz CT molecular complexity index is 1070. The Balaban J connectivity index is 1.64. The lowest BCUT2D eigenvalue weighted by molar-refractivity contribution is 0.171. The van der Waals surface area contributed by atoms with Crippen molar-refractivity contribution < 1.29 is 9.47 Å². The number of fused-ring (bicyclic) bond motifs is 2. The molecule has 1 aliphatic heterocycles. The van der Waals surface area contributed by atoms with E-state index >= 15 is 0 Å². The fraction of sp³-hybridized carbons (Fsp3) is 0.450. The Morgan fingerprint density at radius 1 is 1.20 bits per heavy atom. The summed E-state index contributed by atoms with van der Waals surface area (Å²) in [6.45, 7) is 9.31. The van der Waals surface area contributed by atoms with Crippen LogP contribution in [0.1, 0.15) is 27.2 Å². The highest BCUT2D eigenvalue weighted by Crippen LogP contribution is 2.40. The molecule has 3 N–H and O–H groups in total. The van der Waals surface area contributed by atoms with Crippen LogP contribution in [-0.2, 0) is 6.54 Å². The summed E-state index contributed by atoms with van der Waals surface area (Å²) in [4.78, 5) is 14.4. The number of ether oxygens (including phenoxy) is 2. The second-order valence-electron chi connectivity index (χ2n) is 8.04. The highest BCUT2D eigenvalue weighted by molar-refractivity contribution is 14.1. The number of aryl methyl sites for hydroxylation is 1. The fourth-order valence-corrected chi connectivity index (χ4v) is 4.85. The summed E-state index contributed by atoms with van der Waals surface area (Å²) in [6.07, 6.45) is 2.43. The number of hydrogen-bond acceptors (Lipinski definition) is 8. The summed E-state index contributed by atoms with van der Waals surface area (Å²) >= 11 is 3.89. The van der Waals surface area contributed by atoms with E-state index in [0.717, 1.165) is 50.3 Å². The van der Waals surface area contributed by atoms with Gasteiger partial charge in [-0.25, -0.2) is 15.0 Å². The highest BCUT2D eigenvalue weighted by Gasteiger charge is 2.20. The van der Waals surface area contributed by atoms with Crippen molar-refractivity contribution in [3.63, 3.8) is 0 Å². The molecule has 1 aliphatic rings. The molecular formula is C20H25IN6O2S. The lowest BCUT2D eigenvalue weighted by Crippen LogP contribution is -2.36. The fourth-order valence-electron chi connectivity index (χ4n) is 3.14. The third kappa shape index (κ3) is 4.75. The largest absolute Gasteiger partial charge is 0.486 e. The maximum atomic E-state index is 6.08. The van der Waals surface area contributed by atoms with Gasteiger partial charge in [0, 0.05) is 20.5 Å². The van der Waals surface area contributed by atoms with E-state index in [2.05, 4.69) is 63.2 Å². The van der Waals surface area contributed by atoms with Crippen molar-refractivity contribution in [3.8, 4) is 11.5 Å². The molecule has 3 heterocycles. The molecule has 0 unspecified atom stereocenters. The van der Waals surface area contributed by atoms with Gasteiger partial charge >= 0.3 is 0 Å². The Hall–Kier alpha value is -1.79. The van der Waals surface area contributed by atoms with Crippen LogP contribution in [0, 0.1) is 3.57 Å². The van der Waals surface area contributed by atoms with E-state index in [1.807, 2.05) is 12.1 Å². The lowest BCUT2D eigenvalue weighted by atomic mass is 10.1. The van der Waals surface area contributed by atoms with Crippen molar-refractivity contribution >= 4 is 51.3 Å². The van der Waals surface area contributed by atoms with Crippen LogP contribution in [0.5, 0.6) is 11.5 Å². The van der Waals surface area contributed by atoms with Crippen molar-refractivity contribution in [3.05, 3.63) is 22.0 Å². The quantitative estimate of drug-likeness (QED) is 0.363. The normalized spacial score (nSPS) is 13.7. The minimum atomic E-state index is 0.0858. The van der Waals surface area contributed by atoms with Crippen LogP contribution < -0.4 is 20.5 Å². The maximum Gasteiger partial charge on any atom is 0.175 e. The highest BCUT2D eigenvalue weighted by atomic mass is 124. The predicted molar refractivity (Wildman–Crippen MR) is 126 cm³/mol. The predicted octanol–water partition coefficient (Wildman–Crippen LogP) is 3.71. The molecule has 4 rings (SSSR count). The molecule has 1 aromatic carbocycles. The first-order chi connectivity index (χ1) is 14.3. The Morgan fingerprint density at radius 2 is 1.93 bits per heavy atom. The number of imidazole rings is 1. The Morgan fingerprint density at radius 3 is 2.67 bits per heavy atom. The van der Waals surface area contributed by atoms with Gasteiger partial charge in [0.25, 0.3) is 0 Å². The average Bonchev–Trinajstić information content (AvgIpc) is 3.04. The Kier molecular flexibility index (Phi) is 6.26. The van der Waals surface area contributed by atoms with Crippen molar-refractivity contribution in [2.75, 3.05) is 25.5 Å². The molecule has 8 nitrogen and oxygen atoms in total. The summed E-state index contributed by atoms with van der Waals surface area (Å²) in [7, 11) is 0. The molecule has 10 heteroatoms. The van der Waals surface area contributed by atoms with E-state index in [0.29, 0.717) is 24.5 Å². The van der Waals surface area contributed by atoms with Gasteiger partial charge in [-0.3, -0.25) is 0 Å². The zero-order valence-electron chi connectivity index (χ0n) is 17.2. The van der Waals surface area contributed by atoms with E-state index in [-0.39, 0.29) is 5.54 Å². The van der Waals surface area contributed by atoms with E-state index in [9.17, 15) is 0 Å². The SMILES string of the molecule is CC(C)(C)NCCCn1c(Sc2cc3c(cc2[124I])OCCO3)nc2c(N)ncnc21. The van der Waals surface area contributed by atoms with Crippen LogP contribution >= 0.6 is 34.4 Å². The number of rotatable bonds is 6. The molecule has 0 radical (unpaired) electrons. The van der Waals surface area contributed by atoms with Crippen molar-refractivity contribution in [1.29, 1.82) is 0 Å². The van der Waals surface area contributed by atoms with Gasteiger partial charge in [0.1, 0.15) is 19.5 Å². The molecular weight excluding hydrogens is 512 g/mol. The van der Waals surface area contributed by atoms with Crippen molar-refractivity contribution in [2.24, 2.45) is 0 Å². The molecule has 0 spiro atoms. The Labute approximate surface area is 193 Å². The molecule has 2 aromatic heterocycles. The molecule has 0 atom stereocenters. The number of nitrogens with one attached hydrogen (secondary N) is 1. The number of nitrogen functional groups attached to an aromatic ring is 1. The van der Waals surface area contributed by atoms with Gasteiger partial charge in [-0.2, -0.15) is 0 Å². The number of nitrogens with two attached hydrogens (primary N) is 1. The topological polar surface area (TPSA) is 100 Å². The van der Waals surface area contributed by atoms with Crippen LogP contribution in [-0.4, -0.2) is 44.8 Å². The molecule has 0 saturated carbocycles. The monoisotopic (exact) mass is 537 g/mol. The zero-order chi connectivity index (χ0) is 21.3. The molecule has 0 saturated heterocycles. The standard InChI is InChI=1S/C20H25IN6O2S/c1-20(2,3)25-5-4-6-27-18-16(17(22)23-11-24-18)26-19(27)30-15-10-14-13(9-12(15)21)28-7-8-29-14/h9-11,25H,4-8H2,1-3H3,(H2,22,23,24)/i21-3. The number of nitrogens with zero attached hydrogens (tertiary/aromatic N) is 4. The van der Waals surface area contributed by atoms with E-state index in [1.54, 1.807) is 11.8 Å². The molecule has 0 amide bonds. The second kappa shape index (κ2) is 8.75. The molecule has 0 fully saturated rings. The average molecular weight is 537 g/mol. The molecule has 3 aromatic rings. The summed E-state index contributed by atoms with van der Waals surface area (Å²) in [6, 6.07) is 4.02. The number of hydrogen-bond donors (Lipinski definition) is 2. The first-order valence-corrected chi connectivity index (χ1v) is 11.7. The maximum absolute atomic E-state index is 6.08. The summed E-state index contributed by atoms with van der Waals surface area (Å²) < 4.78 is 14.6. The van der Waals surface area contributed by atoms with E-state index in [4.69, 9.17) is 20.2 Å². The van der Waals surface area contributed by atoms with Gasteiger partial charge in [0.15, 0.2) is 33.6 Å². The third-order valence-corrected chi connectivity index (χ3v) is 6.85. The third-order valence-electron chi connectivity index (χ3n) is 4.54. The molecule has 0 bridgehead atoms. The van der Waals surface area contributed by atoms with Gasteiger partial charge in [-0.15, -0.1) is 0 Å². The number of aromatic nitrogens is 4. The summed E-state index contributed by atoms with van der Waals surface area (Å²) in [5.74, 6) is 1.94. The van der Waals surface area contributed by atoms with Gasteiger partial charge in [0.05, 0.1) is 0 Å². The number of halogens is 1. The number of benzene rings is 1. The smallest absolute Gasteiger partial charge is 0.175 e. The number of anilines is 1. The van der Waals surface area contributed by atoms with Gasteiger partial charge in [-0.05, 0) is 68.5 Å². The van der Waals surface area contributed by atoms with E-state index in [1.165, 1.54) is 6.33 Å². The first kappa shape index (κ1) is 21.4. The van der Waals surface area contributed by atoms with Crippen LogP contribution in [0.15, 0.2) is 28.5 Å². The zero-order valence-corrected chi connectivity index (χ0v) is 20.2. The van der Waals surface area contributed by atoms with Crippen LogP contribution in [0.4, 0.5) is 5.82 Å². The van der Waals surface area contributed by atoms with Crippen LogP contribution in [0.3, 0.4) is 0 Å². The van der Waals surface area contributed by atoms with Gasteiger partial charge in [0.2, 0.25) is 0 Å².